The average Bonchev–Trinajstić information content (AvgIpc) is 3.06. The van der Waals surface area contributed by atoms with Crippen LogP contribution in [0.15, 0.2) is 79.1 Å². The Labute approximate surface area is 157 Å². The van der Waals surface area contributed by atoms with Crippen molar-refractivity contribution in [3.8, 4) is 0 Å². The maximum atomic E-state index is 12.1. The van der Waals surface area contributed by atoms with E-state index in [2.05, 4.69) is 9.97 Å². The maximum Gasteiger partial charge on any atom is 0.180 e. The van der Waals surface area contributed by atoms with Gasteiger partial charge in [-0.1, -0.05) is 48.5 Å². The molecular weight excluding hydrogens is 338 g/mol. The number of benzene rings is 2. The predicted octanol–water partition coefficient (Wildman–Crippen LogP) is 3.11. The molecule has 2 aromatic carbocycles. The van der Waals surface area contributed by atoms with Crippen molar-refractivity contribution < 1.29 is 10.2 Å². The number of hydrogen-bond donors (Lipinski definition) is 2. The summed E-state index contributed by atoms with van der Waals surface area (Å²) in [6.07, 6.45) is 3.20. The Morgan fingerprint density at radius 2 is 1.52 bits per heavy atom. The number of nitrogens with zero attached hydrogens (tertiary/aromatic N) is 3. The van der Waals surface area contributed by atoms with Crippen molar-refractivity contribution in [3.63, 3.8) is 0 Å². The van der Waals surface area contributed by atoms with Crippen molar-refractivity contribution >= 4 is 11.0 Å². The van der Waals surface area contributed by atoms with Gasteiger partial charge < -0.3 is 14.8 Å². The minimum atomic E-state index is -1.79. The second kappa shape index (κ2) is 6.30. The highest BCUT2D eigenvalue weighted by atomic mass is 16.4. The van der Waals surface area contributed by atoms with E-state index in [4.69, 9.17) is 0 Å². The van der Waals surface area contributed by atoms with Crippen LogP contribution >= 0.6 is 0 Å². The van der Waals surface area contributed by atoms with E-state index < -0.39 is 11.2 Å². The zero-order valence-corrected chi connectivity index (χ0v) is 15.2. The van der Waals surface area contributed by atoms with Crippen LogP contribution < -0.4 is 0 Å². The molecule has 2 N–H and O–H groups in total. The first kappa shape index (κ1) is 17.4. The summed E-state index contributed by atoms with van der Waals surface area (Å²) in [6.45, 7) is 1.59. The predicted molar refractivity (Wildman–Crippen MR) is 104 cm³/mol. The van der Waals surface area contributed by atoms with Crippen LogP contribution in [-0.4, -0.2) is 24.7 Å². The number of pyridine rings is 1. The van der Waals surface area contributed by atoms with Crippen LogP contribution in [0.3, 0.4) is 0 Å². The molecular formula is C22H21N3O2. The van der Waals surface area contributed by atoms with E-state index in [1.54, 1.807) is 43.6 Å². The van der Waals surface area contributed by atoms with Gasteiger partial charge in [0.2, 0.25) is 0 Å². The molecule has 0 aliphatic rings. The van der Waals surface area contributed by atoms with Gasteiger partial charge in [0, 0.05) is 25.0 Å². The van der Waals surface area contributed by atoms with E-state index in [0.717, 1.165) is 11.0 Å². The molecule has 136 valence electrons. The standard InChI is InChI=1S/C22H21N3O2/c1-21(26,17-11-8-14-23-15-17)22(27,16-9-4-3-5-10-16)20-24-18-12-6-7-13-19(18)25(20)2/h3-15,26-27H,1-2H3. The Morgan fingerprint density at radius 3 is 2.19 bits per heavy atom. The minimum absolute atomic E-state index is 0.365. The number of fused-ring (bicyclic) bond motifs is 1. The number of aromatic nitrogens is 3. The van der Waals surface area contributed by atoms with Gasteiger partial charge in [0.25, 0.3) is 0 Å². The molecule has 2 unspecified atom stereocenters. The Morgan fingerprint density at radius 1 is 0.852 bits per heavy atom. The molecule has 0 aliphatic heterocycles. The first-order chi connectivity index (χ1) is 13.0. The van der Waals surface area contributed by atoms with Gasteiger partial charge in [0.1, 0.15) is 11.4 Å². The average molecular weight is 359 g/mol. The molecule has 5 nitrogen and oxygen atoms in total. The molecule has 0 radical (unpaired) electrons. The Kier molecular flexibility index (Phi) is 4.06. The van der Waals surface area contributed by atoms with Gasteiger partial charge in [-0.2, -0.15) is 0 Å². The molecule has 27 heavy (non-hydrogen) atoms. The molecule has 0 spiro atoms. The summed E-state index contributed by atoms with van der Waals surface area (Å²) in [4.78, 5) is 8.80. The highest BCUT2D eigenvalue weighted by Crippen LogP contribution is 2.45. The Bertz CT molecular complexity index is 1070. The van der Waals surface area contributed by atoms with Crippen molar-refractivity contribution in [2.75, 3.05) is 0 Å². The third-order valence-electron chi connectivity index (χ3n) is 5.23. The molecule has 2 aromatic heterocycles. The highest BCUT2D eigenvalue weighted by molar-refractivity contribution is 5.76. The molecule has 0 saturated carbocycles. The topological polar surface area (TPSA) is 71.2 Å². The fourth-order valence-corrected chi connectivity index (χ4v) is 3.64. The third-order valence-corrected chi connectivity index (χ3v) is 5.23. The van der Waals surface area contributed by atoms with E-state index in [-0.39, 0.29) is 0 Å². The van der Waals surface area contributed by atoms with Crippen molar-refractivity contribution in [2.45, 2.75) is 18.1 Å². The summed E-state index contributed by atoms with van der Waals surface area (Å²) in [6, 6.07) is 20.3. The van der Waals surface area contributed by atoms with Crippen molar-refractivity contribution in [1.82, 2.24) is 14.5 Å². The van der Waals surface area contributed by atoms with Crippen LogP contribution in [0.1, 0.15) is 23.9 Å². The monoisotopic (exact) mass is 359 g/mol. The van der Waals surface area contributed by atoms with Gasteiger partial charge in [-0.25, -0.2) is 4.98 Å². The highest BCUT2D eigenvalue weighted by Gasteiger charge is 2.52. The van der Waals surface area contributed by atoms with Crippen molar-refractivity contribution in [1.29, 1.82) is 0 Å². The van der Waals surface area contributed by atoms with Crippen LogP contribution in [0.25, 0.3) is 11.0 Å². The third kappa shape index (κ3) is 2.55. The fourth-order valence-electron chi connectivity index (χ4n) is 3.64. The molecule has 0 fully saturated rings. The number of hydrogen-bond acceptors (Lipinski definition) is 4. The van der Waals surface area contributed by atoms with E-state index >= 15 is 0 Å². The van der Waals surface area contributed by atoms with E-state index in [1.807, 2.05) is 54.1 Å². The molecule has 0 bridgehead atoms. The fraction of sp³-hybridized carbons (Fsp3) is 0.182. The number of imidazole rings is 1. The molecule has 0 aliphatic carbocycles. The summed E-state index contributed by atoms with van der Waals surface area (Å²) in [5.41, 5.74) is -0.765. The molecule has 2 atom stereocenters. The van der Waals surface area contributed by atoms with Gasteiger partial charge in [0.05, 0.1) is 11.0 Å². The van der Waals surface area contributed by atoms with Crippen molar-refractivity contribution in [3.05, 3.63) is 96.1 Å². The lowest BCUT2D eigenvalue weighted by atomic mass is 9.74. The second-order valence-electron chi connectivity index (χ2n) is 6.87. The molecule has 0 amide bonds. The van der Waals surface area contributed by atoms with Gasteiger partial charge in [0.15, 0.2) is 5.60 Å². The molecule has 5 heteroatoms. The van der Waals surface area contributed by atoms with Crippen LogP contribution in [-0.2, 0) is 18.2 Å². The summed E-state index contributed by atoms with van der Waals surface area (Å²) < 4.78 is 1.83. The first-order valence-electron chi connectivity index (χ1n) is 8.79. The normalized spacial score (nSPS) is 16.0. The lowest BCUT2D eigenvalue weighted by Crippen LogP contribution is -2.49. The maximum absolute atomic E-state index is 12.1. The molecule has 0 saturated heterocycles. The Hall–Kier alpha value is -3.02. The molecule has 2 heterocycles. The van der Waals surface area contributed by atoms with Crippen LogP contribution in [0, 0.1) is 0 Å². The van der Waals surface area contributed by atoms with Gasteiger partial charge in [-0.05, 0) is 30.7 Å². The van der Waals surface area contributed by atoms with E-state index in [0.29, 0.717) is 17.0 Å². The quantitative estimate of drug-likeness (QED) is 0.587. The number of para-hydroxylation sites is 2. The van der Waals surface area contributed by atoms with Crippen LogP contribution in [0.4, 0.5) is 0 Å². The van der Waals surface area contributed by atoms with E-state index in [1.165, 1.54) is 0 Å². The number of rotatable bonds is 4. The minimum Gasteiger partial charge on any atom is -0.381 e. The number of aliphatic hydroxyl groups is 2. The lowest BCUT2D eigenvalue weighted by molar-refractivity contribution is -0.134. The zero-order valence-electron chi connectivity index (χ0n) is 15.2. The summed E-state index contributed by atoms with van der Waals surface area (Å²) in [5.74, 6) is 0.365. The SMILES string of the molecule is Cn1c(C(O)(c2ccccc2)C(C)(O)c2cccnc2)nc2ccccc21. The van der Waals surface area contributed by atoms with E-state index in [9.17, 15) is 10.2 Å². The smallest absolute Gasteiger partial charge is 0.180 e. The second-order valence-corrected chi connectivity index (χ2v) is 6.87. The molecule has 4 aromatic rings. The molecule has 4 rings (SSSR count). The summed E-state index contributed by atoms with van der Waals surface area (Å²) >= 11 is 0. The number of aryl methyl sites for hydroxylation is 1. The Balaban J connectivity index is 2.04. The summed E-state index contributed by atoms with van der Waals surface area (Å²) in [5, 5.41) is 23.7. The van der Waals surface area contributed by atoms with Crippen molar-refractivity contribution in [2.24, 2.45) is 7.05 Å². The van der Waals surface area contributed by atoms with Crippen LogP contribution in [0.2, 0.25) is 0 Å². The van der Waals surface area contributed by atoms with Crippen LogP contribution in [0.5, 0.6) is 0 Å². The zero-order chi connectivity index (χ0) is 19.1. The van der Waals surface area contributed by atoms with Gasteiger partial charge >= 0.3 is 0 Å². The van der Waals surface area contributed by atoms with Gasteiger partial charge in [-0.3, -0.25) is 4.98 Å². The largest absolute Gasteiger partial charge is 0.381 e. The first-order valence-corrected chi connectivity index (χ1v) is 8.79. The van der Waals surface area contributed by atoms with Gasteiger partial charge in [-0.15, -0.1) is 0 Å². The summed E-state index contributed by atoms with van der Waals surface area (Å²) in [7, 11) is 1.85. The lowest BCUT2D eigenvalue weighted by Gasteiger charge is -2.41.